The molecule has 3 aromatic carbocycles. The van der Waals surface area contributed by atoms with Gasteiger partial charge >= 0.3 is 0 Å². The summed E-state index contributed by atoms with van der Waals surface area (Å²) in [5, 5.41) is 8.92. The van der Waals surface area contributed by atoms with Gasteiger partial charge in [0.2, 0.25) is 5.91 Å². The normalized spacial score (nSPS) is 12.9. The maximum atomic E-state index is 13.0. The molecule has 0 unspecified atom stereocenters. The summed E-state index contributed by atoms with van der Waals surface area (Å²) in [7, 11) is 0. The summed E-state index contributed by atoms with van der Waals surface area (Å²) in [5.74, 6) is -0.258. The maximum Gasteiger partial charge on any atom is 0.261 e. The molecule has 1 aliphatic heterocycles. The monoisotopic (exact) mass is 438 g/mol. The second kappa shape index (κ2) is 8.35. The van der Waals surface area contributed by atoms with E-state index in [1.165, 1.54) is 4.90 Å². The van der Waals surface area contributed by atoms with E-state index >= 15 is 0 Å². The van der Waals surface area contributed by atoms with Crippen LogP contribution in [0.3, 0.4) is 0 Å². The van der Waals surface area contributed by atoms with Crippen molar-refractivity contribution in [1.29, 1.82) is 0 Å². The predicted octanol–water partition coefficient (Wildman–Crippen LogP) is 4.35. The fourth-order valence-electron chi connectivity index (χ4n) is 4.24. The Morgan fingerprint density at radius 3 is 2.24 bits per heavy atom. The molecule has 1 aliphatic rings. The van der Waals surface area contributed by atoms with Gasteiger partial charge in [0.15, 0.2) is 0 Å². The van der Waals surface area contributed by atoms with Gasteiger partial charge in [-0.3, -0.25) is 19.3 Å². The number of benzene rings is 3. The zero-order valence-corrected chi connectivity index (χ0v) is 18.1. The van der Waals surface area contributed by atoms with Crippen molar-refractivity contribution >= 4 is 34.3 Å². The highest BCUT2D eigenvalue weighted by Gasteiger charge is 2.32. The summed E-state index contributed by atoms with van der Waals surface area (Å²) in [6, 6.07) is 22.3. The summed E-state index contributed by atoms with van der Waals surface area (Å²) >= 11 is 0. The molecule has 1 aromatic heterocycles. The second-order valence-electron chi connectivity index (χ2n) is 8.04. The van der Waals surface area contributed by atoms with Gasteiger partial charge in [0.25, 0.3) is 11.8 Å². The zero-order chi connectivity index (χ0) is 22.9. The summed E-state index contributed by atoms with van der Waals surface area (Å²) in [5.41, 5.74) is 2.67. The number of anilines is 1. The third-order valence-electron chi connectivity index (χ3n) is 5.74. The standard InChI is InChI=1S/C26H22N4O3/c1-17-16-22(30(28-17)19-10-3-2-4-11-19)27-23(31)14-7-15-29-25(32)20-12-5-8-18-9-6-13-21(24(18)20)26(29)33/h2-6,8-13,16H,7,14-15H2,1H3,(H,27,31). The third-order valence-corrected chi connectivity index (χ3v) is 5.74. The molecule has 0 radical (unpaired) electrons. The third kappa shape index (κ3) is 3.78. The summed E-state index contributed by atoms with van der Waals surface area (Å²) < 4.78 is 1.68. The number of amides is 3. The number of hydrogen-bond acceptors (Lipinski definition) is 4. The van der Waals surface area contributed by atoms with E-state index in [2.05, 4.69) is 10.4 Å². The molecule has 7 heteroatoms. The number of carbonyl (C=O) groups is 3. The molecule has 0 saturated heterocycles. The van der Waals surface area contributed by atoms with Crippen LogP contribution in [0, 0.1) is 6.92 Å². The highest BCUT2D eigenvalue weighted by Crippen LogP contribution is 2.30. The lowest BCUT2D eigenvalue weighted by molar-refractivity contribution is -0.116. The van der Waals surface area contributed by atoms with Crippen molar-refractivity contribution in [2.45, 2.75) is 19.8 Å². The van der Waals surface area contributed by atoms with E-state index in [0.717, 1.165) is 16.8 Å². The Bertz CT molecular complexity index is 1340. The summed E-state index contributed by atoms with van der Waals surface area (Å²) in [6.07, 6.45) is 0.530. The molecule has 164 valence electrons. The molecule has 2 heterocycles. The van der Waals surface area contributed by atoms with Crippen LogP contribution in [0.2, 0.25) is 0 Å². The first-order valence-corrected chi connectivity index (χ1v) is 10.8. The summed E-state index contributed by atoms with van der Waals surface area (Å²) in [4.78, 5) is 39.8. The molecule has 5 rings (SSSR count). The Hall–Kier alpha value is -4.26. The smallest absolute Gasteiger partial charge is 0.261 e. The number of carbonyl (C=O) groups excluding carboxylic acids is 3. The quantitative estimate of drug-likeness (QED) is 0.454. The molecule has 0 fully saturated rings. The van der Waals surface area contributed by atoms with E-state index in [1.54, 1.807) is 22.9 Å². The Morgan fingerprint density at radius 1 is 0.909 bits per heavy atom. The Labute approximate surface area is 190 Å². The van der Waals surface area contributed by atoms with Crippen molar-refractivity contribution in [2.24, 2.45) is 0 Å². The molecule has 0 bridgehead atoms. The van der Waals surface area contributed by atoms with Gasteiger partial charge in [-0.15, -0.1) is 0 Å². The number of para-hydroxylation sites is 1. The van der Waals surface area contributed by atoms with Gasteiger partial charge in [0.05, 0.1) is 11.4 Å². The van der Waals surface area contributed by atoms with Gasteiger partial charge in [-0.25, -0.2) is 4.68 Å². The maximum absolute atomic E-state index is 13.0. The first-order chi connectivity index (χ1) is 16.0. The molecule has 7 nitrogen and oxygen atoms in total. The lowest BCUT2D eigenvalue weighted by atomic mass is 9.94. The van der Waals surface area contributed by atoms with Gasteiger partial charge in [-0.2, -0.15) is 5.10 Å². The van der Waals surface area contributed by atoms with Crippen LogP contribution in [-0.2, 0) is 4.79 Å². The molecule has 0 saturated carbocycles. The minimum atomic E-state index is -0.317. The van der Waals surface area contributed by atoms with Crippen molar-refractivity contribution < 1.29 is 14.4 Å². The zero-order valence-electron chi connectivity index (χ0n) is 18.1. The number of rotatable bonds is 6. The molecular weight excluding hydrogens is 416 g/mol. The Morgan fingerprint density at radius 2 is 1.58 bits per heavy atom. The minimum absolute atomic E-state index is 0.169. The Kier molecular flexibility index (Phi) is 5.22. The fourth-order valence-corrected chi connectivity index (χ4v) is 4.24. The van der Waals surface area contributed by atoms with E-state index < -0.39 is 0 Å². The first kappa shape index (κ1) is 20.6. The lowest BCUT2D eigenvalue weighted by Gasteiger charge is -2.27. The number of nitrogens with one attached hydrogen (secondary N) is 1. The van der Waals surface area contributed by atoms with Gasteiger partial charge in [-0.1, -0.05) is 42.5 Å². The van der Waals surface area contributed by atoms with Crippen molar-refractivity contribution in [3.05, 3.63) is 89.6 Å². The van der Waals surface area contributed by atoms with Crippen LogP contribution < -0.4 is 5.32 Å². The molecule has 4 aromatic rings. The van der Waals surface area contributed by atoms with Gasteiger partial charge in [0.1, 0.15) is 5.82 Å². The SMILES string of the molecule is Cc1cc(NC(=O)CCCN2C(=O)c3cccc4cccc(c34)C2=O)n(-c2ccccc2)n1. The van der Waals surface area contributed by atoms with Crippen molar-refractivity contribution in [3.63, 3.8) is 0 Å². The van der Waals surface area contributed by atoms with Crippen molar-refractivity contribution in [3.8, 4) is 5.69 Å². The van der Waals surface area contributed by atoms with E-state index in [9.17, 15) is 14.4 Å². The van der Waals surface area contributed by atoms with Gasteiger partial charge in [-0.05, 0) is 43.0 Å². The number of hydrogen-bond donors (Lipinski definition) is 1. The average molecular weight is 438 g/mol. The molecule has 33 heavy (non-hydrogen) atoms. The van der Waals surface area contributed by atoms with Gasteiger partial charge < -0.3 is 5.32 Å². The highest BCUT2D eigenvalue weighted by molar-refractivity contribution is 6.25. The van der Waals surface area contributed by atoms with Crippen molar-refractivity contribution in [1.82, 2.24) is 14.7 Å². The molecule has 0 atom stereocenters. The van der Waals surface area contributed by atoms with Crippen molar-refractivity contribution in [2.75, 3.05) is 11.9 Å². The molecule has 3 amide bonds. The first-order valence-electron chi connectivity index (χ1n) is 10.8. The number of aromatic nitrogens is 2. The van der Waals surface area contributed by atoms with E-state index in [1.807, 2.05) is 61.5 Å². The number of imide groups is 1. The molecule has 0 spiro atoms. The molecule has 1 N–H and O–H groups in total. The fraction of sp³-hybridized carbons (Fsp3) is 0.154. The van der Waals surface area contributed by atoms with Crippen LogP contribution in [0.25, 0.3) is 16.5 Å². The van der Waals surface area contributed by atoms with Crippen LogP contribution in [0.1, 0.15) is 39.3 Å². The highest BCUT2D eigenvalue weighted by atomic mass is 16.2. The number of nitrogens with zero attached hydrogens (tertiary/aromatic N) is 3. The van der Waals surface area contributed by atoms with E-state index in [-0.39, 0.29) is 30.7 Å². The van der Waals surface area contributed by atoms with Crippen LogP contribution >= 0.6 is 0 Å². The van der Waals surface area contributed by atoms with Crippen LogP contribution in [-0.4, -0.2) is 38.9 Å². The van der Waals surface area contributed by atoms with Crippen LogP contribution in [0.5, 0.6) is 0 Å². The summed E-state index contributed by atoms with van der Waals surface area (Å²) in [6.45, 7) is 2.04. The minimum Gasteiger partial charge on any atom is -0.311 e. The van der Waals surface area contributed by atoms with Gasteiger partial charge in [0, 0.05) is 35.5 Å². The van der Waals surface area contributed by atoms with Crippen LogP contribution in [0.15, 0.2) is 72.8 Å². The van der Waals surface area contributed by atoms with E-state index in [4.69, 9.17) is 0 Å². The second-order valence-corrected chi connectivity index (χ2v) is 8.04. The molecule has 0 aliphatic carbocycles. The largest absolute Gasteiger partial charge is 0.311 e. The predicted molar refractivity (Wildman–Crippen MR) is 125 cm³/mol. The lowest BCUT2D eigenvalue weighted by Crippen LogP contribution is -2.41. The Balaban J connectivity index is 1.26. The number of aryl methyl sites for hydroxylation is 1. The molecular formula is C26H22N4O3. The van der Waals surface area contributed by atoms with Crippen LogP contribution in [0.4, 0.5) is 5.82 Å². The van der Waals surface area contributed by atoms with E-state index in [0.29, 0.717) is 28.8 Å². The topological polar surface area (TPSA) is 84.3 Å². The average Bonchev–Trinajstić information content (AvgIpc) is 3.19.